The van der Waals surface area contributed by atoms with Crippen molar-refractivity contribution in [2.45, 2.75) is 79.1 Å². The van der Waals surface area contributed by atoms with E-state index in [0.29, 0.717) is 0 Å². The summed E-state index contributed by atoms with van der Waals surface area (Å²) in [7, 11) is 0. The molecule has 0 radical (unpaired) electrons. The number of fused-ring (bicyclic) bond motifs is 4. The first-order valence-electron chi connectivity index (χ1n) is 16.4. The van der Waals surface area contributed by atoms with Gasteiger partial charge in [0.05, 0.1) is 25.3 Å². The summed E-state index contributed by atoms with van der Waals surface area (Å²) >= 11 is 7.25. The number of thiophene rings is 4. The molecule has 0 atom stereocenters. The molecule has 0 unspecified atom stereocenters. The number of hydrogen-bond donors (Lipinski definition) is 0. The zero-order valence-corrected chi connectivity index (χ0v) is 30.8. The van der Waals surface area contributed by atoms with Crippen molar-refractivity contribution in [2.75, 3.05) is 0 Å². The summed E-state index contributed by atoms with van der Waals surface area (Å²) in [6, 6.07) is 13.3. The third-order valence-electron chi connectivity index (χ3n) is 8.63. The molecule has 0 saturated heterocycles. The first-order valence-corrected chi connectivity index (χ1v) is 19.7. The molecule has 0 aliphatic carbocycles. The van der Waals surface area contributed by atoms with Crippen LogP contribution in [0.4, 0.5) is 0 Å². The van der Waals surface area contributed by atoms with Gasteiger partial charge >= 0.3 is 0 Å². The minimum atomic E-state index is 0.122. The zero-order valence-electron chi connectivity index (χ0n) is 27.5. The zero-order chi connectivity index (χ0) is 33.9. The van der Waals surface area contributed by atoms with Crippen molar-refractivity contribution in [1.29, 1.82) is 10.5 Å². The van der Waals surface area contributed by atoms with Crippen molar-refractivity contribution in [3.05, 3.63) is 90.5 Å². The van der Waals surface area contributed by atoms with Crippen LogP contribution >= 0.6 is 45.3 Å². The average molecular weight is 699 g/mol. The topological polar surface area (TPSA) is 56.3 Å². The minimum absolute atomic E-state index is 0.122. The normalized spacial score (nSPS) is 12.2. The second-order valence-electron chi connectivity index (χ2n) is 11.9. The van der Waals surface area contributed by atoms with E-state index in [1.165, 1.54) is 72.4 Å². The predicted molar refractivity (Wildman–Crippen MR) is 210 cm³/mol. The Balaban J connectivity index is 1.60. The predicted octanol–water partition coefficient (Wildman–Crippen LogP) is 13.6. The van der Waals surface area contributed by atoms with Crippen LogP contribution in [0.15, 0.2) is 35.7 Å². The van der Waals surface area contributed by atoms with Crippen LogP contribution in [0.1, 0.15) is 85.4 Å². The molecule has 238 valence electrons. The SMILES string of the molecule is [C-]#[N+]/C(C#N)=C\c1cc2c(CCC)c3sc(-c4cc5c(CCC)c6sc(/C=C(\C#N)[N+]#[C-])cc6c(CCC)c5s4)cc3c(CCC)c2s1. The summed E-state index contributed by atoms with van der Waals surface area (Å²) in [5.41, 5.74) is 5.77. The van der Waals surface area contributed by atoms with Gasteiger partial charge < -0.3 is 0 Å². The van der Waals surface area contributed by atoms with E-state index in [-0.39, 0.29) is 11.4 Å². The Kier molecular flexibility index (Phi) is 10.1. The number of nitrogens with zero attached hydrogens (tertiary/aromatic N) is 4. The first-order chi connectivity index (χ1) is 23.4. The molecule has 0 bridgehead atoms. The van der Waals surface area contributed by atoms with Crippen molar-refractivity contribution in [3.63, 3.8) is 0 Å². The Hall–Kier alpha value is -4.28. The van der Waals surface area contributed by atoms with Gasteiger partial charge in [-0.05, 0) is 106 Å². The number of hydrogen-bond acceptors (Lipinski definition) is 6. The summed E-state index contributed by atoms with van der Waals surface area (Å²) in [5, 5.41) is 24.1. The molecule has 4 aromatic heterocycles. The molecule has 0 fully saturated rings. The smallest absolute Gasteiger partial charge is 0.227 e. The van der Waals surface area contributed by atoms with Gasteiger partial charge in [0.2, 0.25) is 0 Å². The molecule has 4 heterocycles. The highest BCUT2D eigenvalue weighted by molar-refractivity contribution is 7.29. The fourth-order valence-electron chi connectivity index (χ4n) is 6.71. The van der Waals surface area contributed by atoms with E-state index >= 15 is 0 Å². The van der Waals surface area contributed by atoms with E-state index in [0.717, 1.165) is 61.1 Å². The molecule has 8 heteroatoms. The summed E-state index contributed by atoms with van der Waals surface area (Å²) in [4.78, 5) is 11.4. The second-order valence-corrected chi connectivity index (χ2v) is 16.2. The fraction of sp³-hybridized carbons (Fsp3) is 0.300. The van der Waals surface area contributed by atoms with E-state index in [4.69, 9.17) is 13.1 Å². The summed E-state index contributed by atoms with van der Waals surface area (Å²) in [5.74, 6) is 0. The van der Waals surface area contributed by atoms with E-state index < -0.39 is 0 Å². The van der Waals surface area contributed by atoms with Gasteiger partial charge in [0.1, 0.15) is 0 Å². The van der Waals surface area contributed by atoms with Gasteiger partial charge in [0.25, 0.3) is 11.4 Å². The monoisotopic (exact) mass is 698 g/mol. The van der Waals surface area contributed by atoms with Crippen LogP contribution in [0, 0.1) is 35.8 Å². The average Bonchev–Trinajstić information content (AvgIpc) is 3.90. The highest BCUT2D eigenvalue weighted by atomic mass is 32.1. The second kappa shape index (κ2) is 14.5. The Morgan fingerprint density at radius 2 is 0.875 bits per heavy atom. The Morgan fingerprint density at radius 3 is 1.17 bits per heavy atom. The van der Waals surface area contributed by atoms with Gasteiger partial charge in [-0.2, -0.15) is 0 Å². The lowest BCUT2D eigenvalue weighted by Crippen LogP contribution is -1.91. The van der Waals surface area contributed by atoms with Crippen LogP contribution in [0.3, 0.4) is 0 Å². The number of aryl methyl sites for hydroxylation is 4. The highest BCUT2D eigenvalue weighted by Crippen LogP contribution is 2.50. The quantitative estimate of drug-likeness (QED) is 0.0999. The molecule has 0 saturated carbocycles. The molecular formula is C40H34N4S4. The maximum atomic E-state index is 9.40. The maximum absolute atomic E-state index is 9.40. The molecule has 4 nitrogen and oxygen atoms in total. The van der Waals surface area contributed by atoms with E-state index in [9.17, 15) is 10.5 Å². The van der Waals surface area contributed by atoms with Crippen molar-refractivity contribution in [2.24, 2.45) is 0 Å². The molecule has 6 rings (SSSR count). The lowest BCUT2D eigenvalue weighted by molar-refractivity contribution is 0.930. The third kappa shape index (κ3) is 5.96. The third-order valence-corrected chi connectivity index (χ3v) is 13.5. The van der Waals surface area contributed by atoms with Gasteiger partial charge in [-0.1, -0.05) is 53.4 Å². The van der Waals surface area contributed by atoms with Gasteiger partial charge in [-0.15, -0.1) is 45.3 Å². The molecule has 0 amide bonds. The Labute approximate surface area is 298 Å². The van der Waals surface area contributed by atoms with Gasteiger partial charge in [-0.25, -0.2) is 20.2 Å². The maximum Gasteiger partial charge on any atom is 0.263 e. The highest BCUT2D eigenvalue weighted by Gasteiger charge is 2.23. The molecule has 0 spiro atoms. The van der Waals surface area contributed by atoms with Gasteiger partial charge in [0.15, 0.2) is 0 Å². The minimum Gasteiger partial charge on any atom is -0.227 e. The molecule has 2 aromatic carbocycles. The van der Waals surface area contributed by atoms with Crippen LogP contribution in [0.2, 0.25) is 0 Å². The van der Waals surface area contributed by atoms with Crippen LogP contribution in [0.5, 0.6) is 0 Å². The molecular weight excluding hydrogens is 665 g/mol. The molecule has 0 aliphatic rings. The van der Waals surface area contributed by atoms with E-state index in [1.807, 2.05) is 34.8 Å². The standard InChI is InChI=1S/C40H34N4S4/c1-7-11-27-31-17-25(15-23(21-41)43-5)45-37(31)29(13-9-3)33-19-35(47-39(27)33)36-20-34-30(14-10-4)38-32(28(12-8-2)40(34)48-36)18-26(46-38)16-24(22-42)44-6/h15-20H,7-14H2,1-4H3/b23-15-,24-16+. The summed E-state index contributed by atoms with van der Waals surface area (Å²) in [6.07, 6.45) is 11.6. The summed E-state index contributed by atoms with van der Waals surface area (Å²) in [6.45, 7) is 23.7. The van der Waals surface area contributed by atoms with E-state index in [2.05, 4.69) is 61.7 Å². The van der Waals surface area contributed by atoms with E-state index in [1.54, 1.807) is 34.8 Å². The summed E-state index contributed by atoms with van der Waals surface area (Å²) < 4.78 is 5.32. The van der Waals surface area contributed by atoms with Crippen LogP contribution in [-0.2, 0) is 25.7 Å². The number of nitriles is 2. The number of allylic oxidation sites excluding steroid dienone is 2. The van der Waals surface area contributed by atoms with Crippen molar-refractivity contribution in [1.82, 2.24) is 0 Å². The number of rotatable bonds is 11. The molecule has 0 aliphatic heterocycles. The lowest BCUT2D eigenvalue weighted by atomic mass is 9.96. The van der Waals surface area contributed by atoms with Gasteiger partial charge in [0, 0.05) is 38.3 Å². The van der Waals surface area contributed by atoms with Crippen molar-refractivity contribution >= 4 is 97.8 Å². The number of benzene rings is 2. The molecule has 48 heavy (non-hydrogen) atoms. The molecule has 0 N–H and O–H groups in total. The van der Waals surface area contributed by atoms with Crippen molar-refractivity contribution < 1.29 is 0 Å². The lowest BCUT2D eigenvalue weighted by Gasteiger charge is -2.10. The van der Waals surface area contributed by atoms with Crippen LogP contribution < -0.4 is 0 Å². The fourth-order valence-corrected chi connectivity index (χ4v) is 11.7. The van der Waals surface area contributed by atoms with Gasteiger partial charge in [-0.3, -0.25) is 0 Å². The molecule has 6 aromatic rings. The van der Waals surface area contributed by atoms with Crippen LogP contribution in [-0.4, -0.2) is 0 Å². The Morgan fingerprint density at radius 1 is 0.562 bits per heavy atom. The Bertz CT molecular complexity index is 2120. The van der Waals surface area contributed by atoms with Crippen LogP contribution in [0.25, 0.3) is 71.9 Å². The largest absolute Gasteiger partial charge is 0.263 e. The first kappa shape index (κ1) is 33.6. The van der Waals surface area contributed by atoms with Crippen molar-refractivity contribution in [3.8, 4) is 21.9 Å².